The molecule has 0 saturated carbocycles. The zero-order valence-electron chi connectivity index (χ0n) is 28.6. The van der Waals surface area contributed by atoms with Gasteiger partial charge in [0.15, 0.2) is 11.6 Å². The molecule has 1 aliphatic carbocycles. The summed E-state index contributed by atoms with van der Waals surface area (Å²) in [7, 11) is 0. The van der Waals surface area contributed by atoms with Crippen molar-refractivity contribution in [3.63, 3.8) is 0 Å². The Kier molecular flexibility index (Phi) is 5.28. The fourth-order valence-corrected chi connectivity index (χ4v) is 9.54. The van der Waals surface area contributed by atoms with Crippen LogP contribution in [-0.2, 0) is 5.41 Å². The van der Waals surface area contributed by atoms with E-state index in [9.17, 15) is 0 Å². The summed E-state index contributed by atoms with van der Waals surface area (Å²) in [5.41, 5.74) is 9.11. The van der Waals surface area contributed by atoms with E-state index in [1.807, 2.05) is 18.2 Å². The summed E-state index contributed by atoms with van der Waals surface area (Å²) in [6.45, 7) is 4.63. The van der Waals surface area contributed by atoms with Crippen molar-refractivity contribution in [1.82, 2.24) is 19.5 Å². The summed E-state index contributed by atoms with van der Waals surface area (Å²) in [6, 6.07) is 52.5. The van der Waals surface area contributed by atoms with Gasteiger partial charge >= 0.3 is 0 Å². The Labute approximate surface area is 299 Å². The maximum atomic E-state index is 5.43. The third-order valence-electron chi connectivity index (χ3n) is 11.8. The van der Waals surface area contributed by atoms with Gasteiger partial charge in [0.1, 0.15) is 0 Å². The molecule has 9 aromatic carbocycles. The second-order valence-electron chi connectivity index (χ2n) is 14.7. The van der Waals surface area contributed by atoms with E-state index >= 15 is 0 Å². The minimum Gasteiger partial charge on any atom is -0.278 e. The normalized spacial score (nSPS) is 13.7. The molecule has 0 spiro atoms. The summed E-state index contributed by atoms with van der Waals surface area (Å²) in [5.74, 6) is 1.94. The third kappa shape index (κ3) is 3.44. The Hall–Kier alpha value is -6.65. The highest BCUT2D eigenvalue weighted by Crippen LogP contribution is 2.52. The molecule has 0 saturated heterocycles. The molecule has 2 heterocycles. The Morgan fingerprint density at radius 1 is 0.404 bits per heavy atom. The van der Waals surface area contributed by atoms with Gasteiger partial charge in [-0.15, -0.1) is 0 Å². The number of nitrogens with zero attached hydrogens (tertiary/aromatic N) is 4. The molecule has 1 aliphatic rings. The van der Waals surface area contributed by atoms with Crippen molar-refractivity contribution >= 4 is 64.9 Å². The van der Waals surface area contributed by atoms with Crippen LogP contribution in [0.1, 0.15) is 25.0 Å². The molecule has 0 atom stereocenters. The van der Waals surface area contributed by atoms with Gasteiger partial charge in [-0.25, -0.2) is 4.98 Å². The first kappa shape index (κ1) is 28.1. The van der Waals surface area contributed by atoms with Gasteiger partial charge in [-0.05, 0) is 72.1 Å². The number of benzene rings is 9. The fourth-order valence-electron chi connectivity index (χ4n) is 9.54. The molecule has 0 aliphatic heterocycles. The summed E-state index contributed by atoms with van der Waals surface area (Å²) in [6.07, 6.45) is 0. The highest BCUT2D eigenvalue weighted by Gasteiger charge is 2.37. The van der Waals surface area contributed by atoms with Gasteiger partial charge in [0, 0.05) is 32.7 Å². The standard InChI is InChI=1S/C48H30N4/c1-48(2)36-22-9-8-17-34(36)40-35(21-11-23-37(40)48)46-49-45(27-13-4-3-5-14-27)50-47(51-46)52-38-24-12-20-32-31-19-10-18-30-28-15-6-7-16-29(28)33-25-26-39(52)44(42(32)38)43(33)41(30)31/h3-26H,1-2H3. The van der Waals surface area contributed by atoms with E-state index in [1.165, 1.54) is 76.1 Å². The van der Waals surface area contributed by atoms with Crippen LogP contribution in [-0.4, -0.2) is 19.5 Å². The molecule has 0 unspecified atom stereocenters. The zero-order chi connectivity index (χ0) is 34.3. The quantitative estimate of drug-likeness (QED) is 0.140. The first-order valence-corrected chi connectivity index (χ1v) is 18.0. The van der Waals surface area contributed by atoms with Crippen molar-refractivity contribution in [1.29, 1.82) is 0 Å². The average Bonchev–Trinajstić information content (AvgIpc) is 3.67. The molecule has 0 fully saturated rings. The lowest BCUT2D eigenvalue weighted by Crippen LogP contribution is -2.14. The number of aromatic nitrogens is 4. The van der Waals surface area contributed by atoms with E-state index in [2.05, 4.69) is 146 Å². The molecule has 0 radical (unpaired) electrons. The minimum atomic E-state index is -0.135. The van der Waals surface area contributed by atoms with Crippen molar-refractivity contribution in [2.45, 2.75) is 19.3 Å². The minimum absolute atomic E-state index is 0.135. The number of rotatable bonds is 3. The molecule has 242 valence electrons. The van der Waals surface area contributed by atoms with Crippen LogP contribution in [0.4, 0.5) is 0 Å². The molecule has 4 heteroatoms. The molecule has 2 aromatic heterocycles. The maximum Gasteiger partial charge on any atom is 0.238 e. The number of hydrogen-bond acceptors (Lipinski definition) is 3. The molecular formula is C48H30N4. The lowest BCUT2D eigenvalue weighted by molar-refractivity contribution is 0.660. The van der Waals surface area contributed by atoms with Gasteiger partial charge in [-0.3, -0.25) is 4.57 Å². The topological polar surface area (TPSA) is 43.6 Å². The van der Waals surface area contributed by atoms with E-state index in [0.29, 0.717) is 17.6 Å². The molecule has 0 amide bonds. The van der Waals surface area contributed by atoms with E-state index in [0.717, 1.165) is 22.2 Å². The lowest BCUT2D eigenvalue weighted by Gasteiger charge is -2.21. The van der Waals surface area contributed by atoms with Crippen LogP contribution in [0.3, 0.4) is 0 Å². The molecule has 0 N–H and O–H groups in total. The van der Waals surface area contributed by atoms with Crippen molar-refractivity contribution in [2.75, 3.05) is 0 Å². The predicted octanol–water partition coefficient (Wildman–Crippen LogP) is 12.1. The van der Waals surface area contributed by atoms with Gasteiger partial charge in [0.2, 0.25) is 5.95 Å². The lowest BCUT2D eigenvalue weighted by atomic mass is 9.82. The van der Waals surface area contributed by atoms with Crippen molar-refractivity contribution in [3.8, 4) is 39.9 Å². The van der Waals surface area contributed by atoms with Crippen molar-refractivity contribution < 1.29 is 0 Å². The number of fused-ring (bicyclic) bond motifs is 7. The van der Waals surface area contributed by atoms with Crippen molar-refractivity contribution in [2.24, 2.45) is 0 Å². The van der Waals surface area contributed by atoms with E-state index < -0.39 is 0 Å². The van der Waals surface area contributed by atoms with Crippen LogP contribution in [0.5, 0.6) is 0 Å². The van der Waals surface area contributed by atoms with Gasteiger partial charge < -0.3 is 0 Å². The molecule has 0 bridgehead atoms. The van der Waals surface area contributed by atoms with Gasteiger partial charge in [0.25, 0.3) is 0 Å². The fraction of sp³-hybridized carbons (Fsp3) is 0.0625. The zero-order valence-corrected chi connectivity index (χ0v) is 28.6. The maximum absolute atomic E-state index is 5.43. The van der Waals surface area contributed by atoms with Crippen LogP contribution < -0.4 is 0 Å². The first-order chi connectivity index (χ1) is 25.6. The molecule has 11 aromatic rings. The first-order valence-electron chi connectivity index (χ1n) is 18.0. The molecule has 12 rings (SSSR count). The summed E-state index contributed by atoms with van der Waals surface area (Å²) >= 11 is 0. The SMILES string of the molecule is CC1(C)c2ccccc2-c2c(-c3nc(-c4ccccc4)nc(-n4c5cccc6c7cccc8c9ccccc9c9ccc4c(c9c87)c65)n3)cccc21. The van der Waals surface area contributed by atoms with Crippen LogP contribution >= 0.6 is 0 Å². The second-order valence-corrected chi connectivity index (χ2v) is 14.7. The molecular weight excluding hydrogens is 633 g/mol. The predicted molar refractivity (Wildman–Crippen MR) is 215 cm³/mol. The summed E-state index contributed by atoms with van der Waals surface area (Å²) in [4.78, 5) is 16.0. The highest BCUT2D eigenvalue weighted by molar-refractivity contribution is 6.44. The summed E-state index contributed by atoms with van der Waals surface area (Å²) < 4.78 is 2.28. The Morgan fingerprint density at radius 3 is 1.81 bits per heavy atom. The van der Waals surface area contributed by atoms with Gasteiger partial charge in [-0.1, -0.05) is 147 Å². The van der Waals surface area contributed by atoms with E-state index in [-0.39, 0.29) is 5.41 Å². The van der Waals surface area contributed by atoms with Crippen molar-refractivity contribution in [3.05, 3.63) is 157 Å². The van der Waals surface area contributed by atoms with Crippen LogP contribution in [0, 0.1) is 0 Å². The second kappa shape index (κ2) is 9.77. The smallest absolute Gasteiger partial charge is 0.238 e. The van der Waals surface area contributed by atoms with E-state index in [4.69, 9.17) is 15.0 Å². The molecule has 4 nitrogen and oxygen atoms in total. The Morgan fingerprint density at radius 2 is 0.981 bits per heavy atom. The number of hydrogen-bond donors (Lipinski definition) is 0. The van der Waals surface area contributed by atoms with Crippen LogP contribution in [0.15, 0.2) is 146 Å². The van der Waals surface area contributed by atoms with Gasteiger partial charge in [-0.2, -0.15) is 9.97 Å². The van der Waals surface area contributed by atoms with Gasteiger partial charge in [0.05, 0.1) is 11.0 Å². The van der Waals surface area contributed by atoms with Crippen LogP contribution in [0.25, 0.3) is 105 Å². The van der Waals surface area contributed by atoms with Crippen LogP contribution in [0.2, 0.25) is 0 Å². The Balaban J connectivity index is 1.23. The molecule has 52 heavy (non-hydrogen) atoms. The average molecular weight is 663 g/mol. The highest BCUT2D eigenvalue weighted by atomic mass is 15.2. The Bertz CT molecular complexity index is 3260. The largest absolute Gasteiger partial charge is 0.278 e. The van der Waals surface area contributed by atoms with E-state index in [1.54, 1.807) is 0 Å². The third-order valence-corrected chi connectivity index (χ3v) is 11.8. The monoisotopic (exact) mass is 662 g/mol. The summed E-state index contributed by atoms with van der Waals surface area (Å²) in [5, 5.41) is 12.8.